The van der Waals surface area contributed by atoms with Gasteiger partial charge in [0.2, 0.25) is 0 Å². The molecule has 1 aromatic heterocycles. The van der Waals surface area contributed by atoms with Gasteiger partial charge in [-0.2, -0.15) is 0 Å². The first kappa shape index (κ1) is 8.97. The number of halogens is 1. The number of aryl methyl sites for hydroxylation is 1. The van der Waals surface area contributed by atoms with Gasteiger partial charge in [-0.25, -0.2) is 4.98 Å². The topological polar surface area (TPSA) is 24.9 Å². The van der Waals surface area contributed by atoms with Crippen molar-refractivity contribution in [3.8, 4) is 0 Å². The highest BCUT2D eigenvalue weighted by molar-refractivity contribution is 6.29. The fourth-order valence-corrected chi connectivity index (χ4v) is 2.05. The van der Waals surface area contributed by atoms with Crippen LogP contribution in [0.15, 0.2) is 12.1 Å². The smallest absolute Gasteiger partial charge is 0.129 e. The molecule has 70 valence electrons. The molecule has 13 heavy (non-hydrogen) atoms. The predicted molar refractivity (Wildman–Crippen MR) is 54.0 cm³/mol. The lowest BCUT2D eigenvalue weighted by atomic mass is 10.0. The van der Waals surface area contributed by atoms with Crippen molar-refractivity contribution < 1.29 is 0 Å². The minimum absolute atomic E-state index is 0.491. The van der Waals surface area contributed by atoms with Crippen LogP contribution in [0.1, 0.15) is 30.1 Å². The van der Waals surface area contributed by atoms with E-state index in [9.17, 15) is 0 Å². The summed E-state index contributed by atoms with van der Waals surface area (Å²) in [5.74, 6) is 0. The highest BCUT2D eigenvalue weighted by Crippen LogP contribution is 2.25. The van der Waals surface area contributed by atoms with Crippen molar-refractivity contribution in [1.82, 2.24) is 10.3 Å². The van der Waals surface area contributed by atoms with E-state index < -0.39 is 0 Å². The van der Waals surface area contributed by atoms with Crippen molar-refractivity contribution >= 4 is 11.6 Å². The molecule has 2 heterocycles. The van der Waals surface area contributed by atoms with Gasteiger partial charge in [0.05, 0.1) is 0 Å². The van der Waals surface area contributed by atoms with E-state index in [2.05, 4.69) is 16.4 Å². The zero-order valence-corrected chi connectivity index (χ0v) is 8.43. The standard InChI is InChI=1S/C10H13ClN2/c1-7-8(4-5-10(11)13-7)9-3-2-6-12-9/h4-5,9,12H,2-3,6H2,1H3/t9-/m0/s1. The van der Waals surface area contributed by atoms with Crippen LogP contribution in [0.5, 0.6) is 0 Å². The third kappa shape index (κ3) is 1.84. The van der Waals surface area contributed by atoms with Gasteiger partial charge in [-0.05, 0) is 37.9 Å². The molecule has 1 fully saturated rings. The highest BCUT2D eigenvalue weighted by Gasteiger charge is 2.18. The summed E-state index contributed by atoms with van der Waals surface area (Å²) in [5, 5.41) is 4.03. The lowest BCUT2D eigenvalue weighted by Gasteiger charge is -2.12. The van der Waals surface area contributed by atoms with Crippen molar-refractivity contribution in [2.24, 2.45) is 0 Å². The van der Waals surface area contributed by atoms with Crippen LogP contribution in [-0.2, 0) is 0 Å². The quantitative estimate of drug-likeness (QED) is 0.699. The van der Waals surface area contributed by atoms with Gasteiger partial charge in [0, 0.05) is 11.7 Å². The van der Waals surface area contributed by atoms with E-state index in [0.717, 1.165) is 12.2 Å². The molecule has 0 saturated carbocycles. The van der Waals surface area contributed by atoms with Crippen molar-refractivity contribution in [1.29, 1.82) is 0 Å². The van der Waals surface area contributed by atoms with E-state index >= 15 is 0 Å². The summed E-state index contributed by atoms with van der Waals surface area (Å²) in [6.45, 7) is 3.13. The van der Waals surface area contributed by atoms with E-state index in [4.69, 9.17) is 11.6 Å². The Balaban J connectivity index is 2.29. The molecule has 1 aliphatic heterocycles. The van der Waals surface area contributed by atoms with E-state index in [1.807, 2.05) is 13.0 Å². The van der Waals surface area contributed by atoms with Gasteiger partial charge in [-0.3, -0.25) is 0 Å². The summed E-state index contributed by atoms with van der Waals surface area (Å²) in [6, 6.07) is 4.43. The molecular formula is C10H13ClN2. The monoisotopic (exact) mass is 196 g/mol. The summed E-state index contributed by atoms with van der Waals surface area (Å²) in [4.78, 5) is 4.24. The van der Waals surface area contributed by atoms with Crippen LogP contribution < -0.4 is 5.32 Å². The number of hydrogen-bond acceptors (Lipinski definition) is 2. The Morgan fingerprint density at radius 2 is 2.38 bits per heavy atom. The number of pyridine rings is 1. The molecule has 1 N–H and O–H groups in total. The lowest BCUT2D eigenvalue weighted by Crippen LogP contribution is -2.14. The Morgan fingerprint density at radius 3 is 3.00 bits per heavy atom. The van der Waals surface area contributed by atoms with Gasteiger partial charge in [0.25, 0.3) is 0 Å². The van der Waals surface area contributed by atoms with Gasteiger partial charge in [-0.15, -0.1) is 0 Å². The van der Waals surface area contributed by atoms with E-state index in [-0.39, 0.29) is 0 Å². The van der Waals surface area contributed by atoms with Crippen molar-refractivity contribution in [2.75, 3.05) is 6.54 Å². The molecule has 0 spiro atoms. The number of nitrogens with zero attached hydrogens (tertiary/aromatic N) is 1. The molecule has 0 amide bonds. The maximum absolute atomic E-state index is 5.79. The van der Waals surface area contributed by atoms with Crippen LogP contribution in [-0.4, -0.2) is 11.5 Å². The fraction of sp³-hybridized carbons (Fsp3) is 0.500. The Labute approximate surface area is 83.3 Å². The van der Waals surface area contributed by atoms with Gasteiger partial charge in [0.15, 0.2) is 0 Å². The Kier molecular flexibility index (Phi) is 2.51. The Bertz CT molecular complexity index is 306. The summed E-state index contributed by atoms with van der Waals surface area (Å²) in [5.41, 5.74) is 2.34. The summed E-state index contributed by atoms with van der Waals surface area (Å²) >= 11 is 5.79. The molecule has 1 saturated heterocycles. The van der Waals surface area contributed by atoms with E-state index in [1.54, 1.807) is 0 Å². The molecule has 3 heteroatoms. The fourth-order valence-electron chi connectivity index (χ4n) is 1.86. The zero-order chi connectivity index (χ0) is 9.26. The number of aromatic nitrogens is 1. The first-order chi connectivity index (χ1) is 6.27. The molecular weight excluding hydrogens is 184 g/mol. The second-order valence-corrected chi connectivity index (χ2v) is 3.84. The third-order valence-corrected chi connectivity index (χ3v) is 2.74. The predicted octanol–water partition coefficient (Wildman–Crippen LogP) is 2.47. The summed E-state index contributed by atoms with van der Waals surface area (Å²) in [7, 11) is 0. The highest BCUT2D eigenvalue weighted by atomic mass is 35.5. The lowest BCUT2D eigenvalue weighted by molar-refractivity contribution is 0.640. The number of rotatable bonds is 1. The summed E-state index contributed by atoms with van der Waals surface area (Å²) < 4.78 is 0. The Hall–Kier alpha value is -0.600. The maximum atomic E-state index is 5.79. The second-order valence-electron chi connectivity index (χ2n) is 3.46. The van der Waals surface area contributed by atoms with Gasteiger partial charge < -0.3 is 5.32 Å². The Morgan fingerprint density at radius 1 is 1.54 bits per heavy atom. The average Bonchev–Trinajstić information content (AvgIpc) is 2.56. The van der Waals surface area contributed by atoms with Gasteiger partial charge >= 0.3 is 0 Å². The molecule has 0 bridgehead atoms. The molecule has 0 aliphatic carbocycles. The molecule has 0 aromatic carbocycles. The molecule has 2 rings (SSSR count). The zero-order valence-electron chi connectivity index (χ0n) is 7.68. The summed E-state index contributed by atoms with van der Waals surface area (Å²) in [6.07, 6.45) is 2.47. The van der Waals surface area contributed by atoms with Crippen LogP contribution in [0.2, 0.25) is 5.15 Å². The molecule has 1 aliphatic rings. The number of hydrogen-bond donors (Lipinski definition) is 1. The first-order valence-electron chi connectivity index (χ1n) is 4.64. The van der Waals surface area contributed by atoms with E-state index in [1.165, 1.54) is 18.4 Å². The van der Waals surface area contributed by atoms with Crippen LogP contribution in [0, 0.1) is 6.92 Å². The molecule has 1 aromatic rings. The molecule has 0 unspecified atom stereocenters. The maximum Gasteiger partial charge on any atom is 0.129 e. The van der Waals surface area contributed by atoms with Gasteiger partial charge in [0.1, 0.15) is 5.15 Å². The largest absolute Gasteiger partial charge is 0.310 e. The number of nitrogens with one attached hydrogen (secondary N) is 1. The van der Waals surface area contributed by atoms with Crippen LogP contribution in [0.25, 0.3) is 0 Å². The van der Waals surface area contributed by atoms with Crippen molar-refractivity contribution in [3.63, 3.8) is 0 Å². The average molecular weight is 197 g/mol. The molecule has 2 nitrogen and oxygen atoms in total. The van der Waals surface area contributed by atoms with Crippen molar-refractivity contribution in [2.45, 2.75) is 25.8 Å². The minimum Gasteiger partial charge on any atom is -0.310 e. The molecule has 1 atom stereocenters. The van der Waals surface area contributed by atoms with Crippen LogP contribution in [0.4, 0.5) is 0 Å². The molecule has 0 radical (unpaired) electrons. The van der Waals surface area contributed by atoms with Crippen LogP contribution in [0.3, 0.4) is 0 Å². The van der Waals surface area contributed by atoms with Crippen LogP contribution >= 0.6 is 11.6 Å². The minimum atomic E-state index is 0.491. The second kappa shape index (κ2) is 3.64. The van der Waals surface area contributed by atoms with E-state index in [0.29, 0.717) is 11.2 Å². The van der Waals surface area contributed by atoms with Crippen molar-refractivity contribution in [3.05, 3.63) is 28.5 Å². The van der Waals surface area contributed by atoms with Gasteiger partial charge in [-0.1, -0.05) is 17.7 Å². The first-order valence-corrected chi connectivity index (χ1v) is 5.01. The SMILES string of the molecule is Cc1nc(Cl)ccc1[C@@H]1CCCN1. The normalized spacial score (nSPS) is 22.2. The third-order valence-electron chi connectivity index (χ3n) is 2.53.